The molecular weight excluding hydrogens is 320 g/mol. The lowest BCUT2D eigenvalue weighted by atomic mass is 9.79. The number of benzene rings is 1. The fourth-order valence-corrected chi connectivity index (χ4v) is 3.40. The molecule has 0 spiro atoms. The van der Waals surface area contributed by atoms with Gasteiger partial charge in [-0.2, -0.15) is 5.10 Å². The molecule has 7 nitrogen and oxygen atoms in total. The molecule has 134 valence electrons. The Morgan fingerprint density at radius 3 is 2.88 bits per heavy atom. The topological polar surface area (TPSA) is 85.2 Å². The van der Waals surface area contributed by atoms with Gasteiger partial charge in [0.2, 0.25) is 11.3 Å². The van der Waals surface area contributed by atoms with Crippen LogP contribution in [-0.4, -0.2) is 49.0 Å². The molecule has 1 aliphatic rings. The minimum atomic E-state index is -0.138. The summed E-state index contributed by atoms with van der Waals surface area (Å²) in [5, 5.41) is 11.0. The maximum absolute atomic E-state index is 12.4. The predicted molar refractivity (Wildman–Crippen MR) is 95.4 cm³/mol. The van der Waals surface area contributed by atoms with E-state index in [1.165, 1.54) is 6.20 Å². The normalized spacial score (nSPS) is 16.7. The molecule has 3 rings (SSSR count). The molecule has 1 amide bonds. The van der Waals surface area contributed by atoms with E-state index < -0.39 is 0 Å². The zero-order chi connectivity index (χ0) is 17.7. The van der Waals surface area contributed by atoms with Crippen LogP contribution in [0.15, 0.2) is 35.3 Å². The fourth-order valence-electron chi connectivity index (χ4n) is 3.40. The van der Waals surface area contributed by atoms with E-state index in [2.05, 4.69) is 15.7 Å². The Bertz CT molecular complexity index is 791. The van der Waals surface area contributed by atoms with Crippen LogP contribution in [0.2, 0.25) is 0 Å². The molecule has 0 radical (unpaired) electrons. The molecular formula is C18H24N4O3. The van der Waals surface area contributed by atoms with Crippen molar-refractivity contribution in [3.63, 3.8) is 0 Å². The van der Waals surface area contributed by atoms with Gasteiger partial charge in [0.25, 0.3) is 0 Å². The number of rotatable bonds is 6. The van der Waals surface area contributed by atoms with Crippen molar-refractivity contribution < 1.29 is 9.53 Å². The van der Waals surface area contributed by atoms with Crippen LogP contribution in [0.1, 0.15) is 12.8 Å². The maximum Gasteiger partial charge on any atom is 0.241 e. The molecule has 25 heavy (non-hydrogen) atoms. The number of ether oxygens (including phenoxy) is 1. The maximum atomic E-state index is 12.4. The molecule has 0 saturated carbocycles. The zero-order valence-corrected chi connectivity index (χ0v) is 14.5. The van der Waals surface area contributed by atoms with Crippen LogP contribution in [0.25, 0.3) is 10.9 Å². The second kappa shape index (κ2) is 7.76. The first-order chi connectivity index (χ1) is 12.1. The lowest BCUT2D eigenvalue weighted by Crippen LogP contribution is -2.47. The van der Waals surface area contributed by atoms with E-state index in [9.17, 15) is 9.59 Å². The summed E-state index contributed by atoms with van der Waals surface area (Å²) in [4.78, 5) is 24.3. The van der Waals surface area contributed by atoms with Crippen molar-refractivity contribution in [3.05, 3.63) is 40.7 Å². The molecule has 0 bridgehead atoms. The minimum Gasteiger partial charge on any atom is -0.384 e. The molecule has 1 aromatic heterocycles. The minimum absolute atomic E-state index is 0.0191. The van der Waals surface area contributed by atoms with Crippen molar-refractivity contribution in [3.8, 4) is 0 Å². The van der Waals surface area contributed by atoms with E-state index in [-0.39, 0.29) is 23.3 Å². The van der Waals surface area contributed by atoms with E-state index in [0.717, 1.165) is 25.9 Å². The highest BCUT2D eigenvalue weighted by Crippen LogP contribution is 2.28. The number of carbonyl (C=O) groups excluding carboxylic acids is 1. The monoisotopic (exact) mass is 344 g/mol. The van der Waals surface area contributed by atoms with E-state index in [1.54, 1.807) is 30.0 Å². The summed E-state index contributed by atoms with van der Waals surface area (Å²) < 4.78 is 6.94. The number of para-hydroxylation sites is 1. The Morgan fingerprint density at radius 2 is 2.12 bits per heavy atom. The van der Waals surface area contributed by atoms with E-state index in [4.69, 9.17) is 4.74 Å². The molecule has 2 heterocycles. The van der Waals surface area contributed by atoms with E-state index >= 15 is 0 Å². The van der Waals surface area contributed by atoms with Crippen LogP contribution in [0.5, 0.6) is 0 Å². The largest absolute Gasteiger partial charge is 0.384 e. The Labute approximate surface area is 146 Å². The fraction of sp³-hybridized carbons (Fsp3) is 0.500. The first kappa shape index (κ1) is 17.6. The molecule has 0 atom stereocenters. The molecule has 1 aliphatic heterocycles. The average molecular weight is 344 g/mol. The number of hydrogen-bond donors (Lipinski definition) is 2. The van der Waals surface area contributed by atoms with Crippen molar-refractivity contribution in [2.24, 2.45) is 5.41 Å². The summed E-state index contributed by atoms with van der Waals surface area (Å²) in [5.41, 5.74) is 0.508. The molecule has 0 unspecified atom stereocenters. The quantitative estimate of drug-likeness (QED) is 0.798. The molecule has 2 N–H and O–H groups in total. The van der Waals surface area contributed by atoms with Crippen LogP contribution < -0.4 is 16.1 Å². The highest BCUT2D eigenvalue weighted by Gasteiger charge is 2.32. The van der Waals surface area contributed by atoms with Crippen LogP contribution in [0.3, 0.4) is 0 Å². The van der Waals surface area contributed by atoms with Gasteiger partial charge < -0.3 is 15.4 Å². The average Bonchev–Trinajstić information content (AvgIpc) is 2.64. The SMILES string of the molecule is COCC1(CNC(=O)Cn2ncc(=O)c3ccccc32)CCNCC1. The molecule has 2 aromatic rings. The highest BCUT2D eigenvalue weighted by atomic mass is 16.5. The number of amides is 1. The van der Waals surface area contributed by atoms with Gasteiger partial charge in [-0.05, 0) is 38.1 Å². The van der Waals surface area contributed by atoms with Crippen LogP contribution in [-0.2, 0) is 16.1 Å². The highest BCUT2D eigenvalue weighted by molar-refractivity contribution is 5.81. The first-order valence-corrected chi connectivity index (χ1v) is 8.55. The Kier molecular flexibility index (Phi) is 5.45. The Balaban J connectivity index is 1.69. The summed E-state index contributed by atoms with van der Waals surface area (Å²) in [5.74, 6) is -0.115. The number of aromatic nitrogens is 2. The van der Waals surface area contributed by atoms with Crippen molar-refractivity contribution in [1.29, 1.82) is 0 Å². The Hall–Kier alpha value is -2.25. The van der Waals surface area contributed by atoms with Gasteiger partial charge in [0, 0.05) is 24.5 Å². The first-order valence-electron chi connectivity index (χ1n) is 8.55. The second-order valence-corrected chi connectivity index (χ2v) is 6.64. The lowest BCUT2D eigenvalue weighted by molar-refractivity contribution is -0.122. The number of hydrogen-bond acceptors (Lipinski definition) is 5. The van der Waals surface area contributed by atoms with Gasteiger partial charge in [-0.25, -0.2) is 0 Å². The molecule has 1 aromatic carbocycles. The third-order valence-corrected chi connectivity index (χ3v) is 4.83. The van der Waals surface area contributed by atoms with Gasteiger partial charge in [0.15, 0.2) is 0 Å². The number of fused-ring (bicyclic) bond motifs is 1. The Morgan fingerprint density at radius 1 is 1.36 bits per heavy atom. The molecule has 1 saturated heterocycles. The van der Waals surface area contributed by atoms with Crippen molar-refractivity contribution in [2.75, 3.05) is 33.4 Å². The van der Waals surface area contributed by atoms with Crippen LogP contribution in [0.4, 0.5) is 0 Å². The van der Waals surface area contributed by atoms with Crippen LogP contribution in [0, 0.1) is 5.41 Å². The number of nitrogens with one attached hydrogen (secondary N) is 2. The molecule has 0 aliphatic carbocycles. The summed E-state index contributed by atoms with van der Waals surface area (Å²) >= 11 is 0. The van der Waals surface area contributed by atoms with Gasteiger partial charge in [0.1, 0.15) is 6.54 Å². The molecule has 7 heteroatoms. The zero-order valence-electron chi connectivity index (χ0n) is 14.5. The van der Waals surface area contributed by atoms with Gasteiger partial charge in [0.05, 0.1) is 18.3 Å². The third kappa shape index (κ3) is 4.05. The lowest BCUT2D eigenvalue weighted by Gasteiger charge is -2.37. The summed E-state index contributed by atoms with van der Waals surface area (Å²) in [6.45, 7) is 3.17. The number of carbonyl (C=O) groups is 1. The summed E-state index contributed by atoms with van der Waals surface area (Å²) in [7, 11) is 1.70. The summed E-state index contributed by atoms with van der Waals surface area (Å²) in [6.07, 6.45) is 3.20. The van der Waals surface area contributed by atoms with Gasteiger partial charge >= 0.3 is 0 Å². The number of piperidine rings is 1. The standard InChI is InChI=1S/C18H24N4O3/c1-25-13-18(6-8-19-9-7-18)12-20-17(24)11-22-15-5-3-2-4-14(15)16(23)10-21-22/h2-5,10,19H,6-9,11-13H2,1H3,(H,20,24). The summed E-state index contributed by atoms with van der Waals surface area (Å²) in [6, 6.07) is 7.19. The van der Waals surface area contributed by atoms with Crippen molar-refractivity contribution in [2.45, 2.75) is 19.4 Å². The number of methoxy groups -OCH3 is 1. The van der Waals surface area contributed by atoms with Crippen LogP contribution >= 0.6 is 0 Å². The second-order valence-electron chi connectivity index (χ2n) is 6.64. The van der Waals surface area contributed by atoms with Gasteiger partial charge in [-0.3, -0.25) is 14.3 Å². The van der Waals surface area contributed by atoms with E-state index in [1.807, 2.05) is 6.07 Å². The van der Waals surface area contributed by atoms with Gasteiger partial charge in [-0.15, -0.1) is 0 Å². The predicted octanol–water partition coefficient (Wildman–Crippen LogP) is 0.529. The van der Waals surface area contributed by atoms with Crippen molar-refractivity contribution in [1.82, 2.24) is 20.4 Å². The number of nitrogens with zero attached hydrogens (tertiary/aromatic N) is 2. The smallest absolute Gasteiger partial charge is 0.241 e. The van der Waals surface area contributed by atoms with E-state index in [0.29, 0.717) is 24.1 Å². The molecule has 1 fully saturated rings. The third-order valence-electron chi connectivity index (χ3n) is 4.83. The van der Waals surface area contributed by atoms with Crippen molar-refractivity contribution >= 4 is 16.8 Å². The van der Waals surface area contributed by atoms with Gasteiger partial charge in [-0.1, -0.05) is 12.1 Å².